The van der Waals surface area contributed by atoms with E-state index >= 15 is 0 Å². The van der Waals surface area contributed by atoms with Crippen molar-refractivity contribution in [3.8, 4) is 0 Å². The Kier molecular flexibility index (Phi) is 5.16. The molecule has 0 saturated heterocycles. The zero-order chi connectivity index (χ0) is 12.9. The van der Waals surface area contributed by atoms with E-state index in [9.17, 15) is 5.11 Å². The van der Waals surface area contributed by atoms with E-state index in [2.05, 4.69) is 26.0 Å². The highest BCUT2D eigenvalue weighted by atomic mass is 16.5. The van der Waals surface area contributed by atoms with Crippen LogP contribution in [0.4, 0.5) is 0 Å². The molecule has 0 spiro atoms. The molecule has 1 aromatic carbocycles. The molecule has 1 N–H and O–H groups in total. The summed E-state index contributed by atoms with van der Waals surface area (Å²) in [5, 5.41) is 10.4. The van der Waals surface area contributed by atoms with Crippen LogP contribution in [0.1, 0.15) is 38.8 Å². The average Bonchev–Trinajstić information content (AvgIpc) is 2.26. The Hall–Kier alpha value is -0.860. The first-order chi connectivity index (χ1) is 7.95. The molecule has 2 heteroatoms. The van der Waals surface area contributed by atoms with Crippen molar-refractivity contribution in [3.63, 3.8) is 0 Å². The van der Waals surface area contributed by atoms with Gasteiger partial charge >= 0.3 is 0 Å². The van der Waals surface area contributed by atoms with Crippen LogP contribution in [0.5, 0.6) is 0 Å². The molecule has 2 nitrogen and oxygen atoms in total. The lowest BCUT2D eigenvalue weighted by atomic mass is 9.93. The lowest BCUT2D eigenvalue weighted by Crippen LogP contribution is -2.28. The summed E-state index contributed by atoms with van der Waals surface area (Å²) in [5.74, 6) is 0.627. The first-order valence-corrected chi connectivity index (χ1v) is 6.35. The summed E-state index contributed by atoms with van der Waals surface area (Å²) in [7, 11) is 0. The first kappa shape index (κ1) is 14.2. The molecule has 0 radical (unpaired) electrons. The second kappa shape index (κ2) is 6.18. The lowest BCUT2D eigenvalue weighted by Gasteiger charge is -2.24. The van der Waals surface area contributed by atoms with E-state index in [0.717, 1.165) is 12.0 Å². The van der Waals surface area contributed by atoms with Crippen molar-refractivity contribution >= 4 is 0 Å². The molecule has 96 valence electrons. The van der Waals surface area contributed by atoms with Gasteiger partial charge in [0.1, 0.15) is 5.60 Å². The van der Waals surface area contributed by atoms with Gasteiger partial charge in [0.25, 0.3) is 0 Å². The van der Waals surface area contributed by atoms with Crippen molar-refractivity contribution in [2.45, 2.75) is 39.7 Å². The van der Waals surface area contributed by atoms with Crippen LogP contribution in [0.3, 0.4) is 0 Å². The van der Waals surface area contributed by atoms with Gasteiger partial charge in [-0.15, -0.1) is 0 Å². The summed E-state index contributed by atoms with van der Waals surface area (Å²) >= 11 is 0. The van der Waals surface area contributed by atoms with E-state index in [1.54, 1.807) is 6.92 Å². The zero-order valence-electron chi connectivity index (χ0n) is 11.4. The minimum Gasteiger partial charge on any atom is -0.383 e. The fourth-order valence-electron chi connectivity index (χ4n) is 1.89. The normalized spacial score (nSPS) is 14.9. The van der Waals surface area contributed by atoms with Crippen molar-refractivity contribution in [2.75, 3.05) is 13.2 Å². The average molecular weight is 236 g/mol. The smallest absolute Gasteiger partial charge is 0.110 e. The summed E-state index contributed by atoms with van der Waals surface area (Å²) in [6.45, 7) is 9.11. The Balaban J connectivity index is 2.82. The van der Waals surface area contributed by atoms with Crippen LogP contribution in [0, 0.1) is 5.92 Å². The van der Waals surface area contributed by atoms with E-state index < -0.39 is 5.60 Å². The minimum absolute atomic E-state index is 0.342. The molecular weight excluding hydrogens is 212 g/mol. The number of rotatable bonds is 6. The van der Waals surface area contributed by atoms with E-state index in [4.69, 9.17) is 4.74 Å². The molecule has 0 aliphatic heterocycles. The molecule has 0 saturated carbocycles. The van der Waals surface area contributed by atoms with Crippen LogP contribution in [0.2, 0.25) is 0 Å². The van der Waals surface area contributed by atoms with Gasteiger partial charge in [-0.05, 0) is 37.3 Å². The van der Waals surface area contributed by atoms with Crippen molar-refractivity contribution in [2.24, 2.45) is 5.92 Å². The van der Waals surface area contributed by atoms with Gasteiger partial charge in [-0.3, -0.25) is 0 Å². The van der Waals surface area contributed by atoms with Crippen LogP contribution >= 0.6 is 0 Å². The van der Waals surface area contributed by atoms with Gasteiger partial charge in [-0.1, -0.05) is 38.1 Å². The second-order valence-electron chi connectivity index (χ2n) is 5.21. The fourth-order valence-corrected chi connectivity index (χ4v) is 1.89. The predicted octanol–water partition coefficient (Wildman–Crippen LogP) is 3.13. The molecule has 0 aromatic heterocycles. The Morgan fingerprint density at radius 3 is 2.65 bits per heavy atom. The van der Waals surface area contributed by atoms with E-state index in [1.807, 2.05) is 19.1 Å². The fraction of sp³-hybridized carbons (Fsp3) is 0.600. The lowest BCUT2D eigenvalue weighted by molar-refractivity contribution is -0.0343. The molecule has 0 fully saturated rings. The molecule has 17 heavy (non-hydrogen) atoms. The van der Waals surface area contributed by atoms with Crippen LogP contribution in [0.25, 0.3) is 0 Å². The summed E-state index contributed by atoms with van der Waals surface area (Å²) in [6.07, 6.45) is 1.04. The topological polar surface area (TPSA) is 29.5 Å². The number of hydrogen-bond donors (Lipinski definition) is 1. The minimum atomic E-state index is -0.900. The van der Waals surface area contributed by atoms with Crippen molar-refractivity contribution in [3.05, 3.63) is 35.4 Å². The van der Waals surface area contributed by atoms with Crippen molar-refractivity contribution in [1.82, 2.24) is 0 Å². The third-order valence-corrected chi connectivity index (χ3v) is 2.78. The van der Waals surface area contributed by atoms with Crippen molar-refractivity contribution < 1.29 is 9.84 Å². The first-order valence-electron chi connectivity index (χ1n) is 6.35. The van der Waals surface area contributed by atoms with Crippen LogP contribution < -0.4 is 0 Å². The summed E-state index contributed by atoms with van der Waals surface area (Å²) in [6, 6.07) is 8.16. The molecule has 0 aliphatic carbocycles. The molecular formula is C15H24O2. The maximum Gasteiger partial charge on any atom is 0.110 e. The van der Waals surface area contributed by atoms with Crippen LogP contribution in [-0.2, 0) is 16.8 Å². The second-order valence-corrected chi connectivity index (χ2v) is 5.21. The third kappa shape index (κ3) is 4.49. The molecule has 0 aliphatic rings. The molecule has 1 aromatic rings. The molecule has 1 atom stereocenters. The predicted molar refractivity (Wildman–Crippen MR) is 71.0 cm³/mol. The zero-order valence-corrected chi connectivity index (χ0v) is 11.4. The van der Waals surface area contributed by atoms with Gasteiger partial charge in [-0.2, -0.15) is 0 Å². The number of ether oxygens (including phenoxy) is 1. The van der Waals surface area contributed by atoms with E-state index in [0.29, 0.717) is 19.1 Å². The number of aliphatic hydroxyl groups is 1. The SMILES string of the molecule is CCOCC(C)(O)c1cccc(CC(C)C)c1. The molecule has 0 amide bonds. The quantitative estimate of drug-likeness (QED) is 0.822. The highest BCUT2D eigenvalue weighted by molar-refractivity contribution is 5.28. The van der Waals surface area contributed by atoms with Crippen LogP contribution in [0.15, 0.2) is 24.3 Å². The monoisotopic (exact) mass is 236 g/mol. The molecule has 0 heterocycles. The third-order valence-electron chi connectivity index (χ3n) is 2.78. The Morgan fingerprint density at radius 2 is 2.06 bits per heavy atom. The Morgan fingerprint density at radius 1 is 1.35 bits per heavy atom. The van der Waals surface area contributed by atoms with Gasteiger partial charge < -0.3 is 9.84 Å². The van der Waals surface area contributed by atoms with Gasteiger partial charge in [-0.25, -0.2) is 0 Å². The van der Waals surface area contributed by atoms with Crippen molar-refractivity contribution in [1.29, 1.82) is 0 Å². The van der Waals surface area contributed by atoms with Crippen LogP contribution in [-0.4, -0.2) is 18.3 Å². The highest BCUT2D eigenvalue weighted by Gasteiger charge is 2.23. The summed E-state index contributed by atoms with van der Waals surface area (Å²) in [4.78, 5) is 0. The van der Waals surface area contributed by atoms with Gasteiger partial charge in [0.05, 0.1) is 6.61 Å². The van der Waals surface area contributed by atoms with E-state index in [1.165, 1.54) is 5.56 Å². The Labute approximate surface area is 105 Å². The standard InChI is InChI=1S/C15H24O2/c1-5-17-11-15(4,16)14-8-6-7-13(10-14)9-12(2)3/h6-8,10,12,16H,5,9,11H2,1-4H3. The number of benzene rings is 1. The summed E-state index contributed by atoms with van der Waals surface area (Å²) in [5.41, 5.74) is 1.31. The van der Waals surface area contributed by atoms with Gasteiger partial charge in [0.2, 0.25) is 0 Å². The number of hydrogen-bond acceptors (Lipinski definition) is 2. The Bertz CT molecular complexity index is 343. The highest BCUT2D eigenvalue weighted by Crippen LogP contribution is 2.23. The summed E-state index contributed by atoms with van der Waals surface area (Å²) < 4.78 is 5.32. The van der Waals surface area contributed by atoms with Gasteiger partial charge in [0.15, 0.2) is 0 Å². The molecule has 1 unspecified atom stereocenters. The molecule has 0 bridgehead atoms. The largest absolute Gasteiger partial charge is 0.383 e. The maximum absolute atomic E-state index is 10.4. The molecule has 1 rings (SSSR count). The van der Waals surface area contributed by atoms with E-state index in [-0.39, 0.29) is 0 Å². The maximum atomic E-state index is 10.4. The van der Waals surface area contributed by atoms with Gasteiger partial charge in [0, 0.05) is 6.61 Å².